The maximum absolute atomic E-state index is 13.7. The molecule has 0 radical (unpaired) electrons. The van der Waals surface area contributed by atoms with E-state index in [-0.39, 0.29) is 16.3 Å². The Morgan fingerprint density at radius 3 is 2.15 bits per heavy atom. The van der Waals surface area contributed by atoms with E-state index in [2.05, 4.69) is 5.10 Å². The van der Waals surface area contributed by atoms with Crippen LogP contribution in [0.5, 0.6) is 0 Å². The molecule has 0 fully saturated rings. The normalized spacial score (nSPS) is 11.9. The number of halogens is 3. The van der Waals surface area contributed by atoms with Gasteiger partial charge in [0.15, 0.2) is 17.5 Å². The molecule has 5 nitrogen and oxygen atoms in total. The first kappa shape index (κ1) is 14.5. The van der Waals surface area contributed by atoms with E-state index in [4.69, 9.17) is 5.14 Å². The van der Waals surface area contributed by atoms with Crippen molar-refractivity contribution in [1.29, 1.82) is 0 Å². The smallest absolute Gasteiger partial charge is 0.233 e. The van der Waals surface area contributed by atoms with Crippen LogP contribution in [-0.2, 0) is 10.0 Å². The fourth-order valence-electron chi connectivity index (χ4n) is 1.95. The topological polar surface area (TPSA) is 78.0 Å². The summed E-state index contributed by atoms with van der Waals surface area (Å²) in [7, 11) is -4.06. The lowest BCUT2D eigenvalue weighted by atomic mass is 10.2. The number of hydrogen-bond acceptors (Lipinski definition) is 3. The van der Waals surface area contributed by atoms with Crippen LogP contribution in [0.2, 0.25) is 0 Å². The molecule has 108 valence electrons. The number of nitrogens with two attached hydrogens (primary N) is 1. The largest absolute Gasteiger partial charge is 0.241 e. The van der Waals surface area contributed by atoms with Crippen LogP contribution in [0.1, 0.15) is 11.4 Å². The third-order valence-corrected chi connectivity index (χ3v) is 3.89. The third kappa shape index (κ3) is 2.29. The number of benzene rings is 1. The molecule has 0 bridgehead atoms. The van der Waals surface area contributed by atoms with Gasteiger partial charge >= 0.3 is 0 Å². The monoisotopic (exact) mass is 305 g/mol. The first-order chi connectivity index (χ1) is 9.12. The zero-order valence-electron chi connectivity index (χ0n) is 10.5. The lowest BCUT2D eigenvalue weighted by Gasteiger charge is -2.07. The van der Waals surface area contributed by atoms with Gasteiger partial charge in [-0.15, -0.1) is 0 Å². The molecule has 1 aromatic carbocycles. The van der Waals surface area contributed by atoms with Crippen molar-refractivity contribution in [2.24, 2.45) is 5.14 Å². The lowest BCUT2D eigenvalue weighted by Crippen LogP contribution is -2.14. The number of primary sulfonamides is 1. The summed E-state index contributed by atoms with van der Waals surface area (Å²) in [5.41, 5.74) is -0.358. The standard InChI is InChI=1S/C11H10F3N3O2S/c1-5-11(20(15,18)19)6(2)17(16-5)10-4-8(13)7(12)3-9(10)14/h3-4H,1-2H3,(H2,15,18,19). The Hall–Kier alpha value is -1.87. The van der Waals surface area contributed by atoms with Crippen molar-refractivity contribution < 1.29 is 21.6 Å². The average Bonchev–Trinajstić information content (AvgIpc) is 2.58. The maximum atomic E-state index is 13.7. The van der Waals surface area contributed by atoms with E-state index in [1.165, 1.54) is 13.8 Å². The summed E-state index contributed by atoms with van der Waals surface area (Å²) in [6.07, 6.45) is 0. The highest BCUT2D eigenvalue weighted by Gasteiger charge is 2.23. The van der Waals surface area contributed by atoms with Crippen LogP contribution in [0.3, 0.4) is 0 Å². The number of aromatic nitrogens is 2. The number of sulfonamides is 1. The van der Waals surface area contributed by atoms with Gasteiger partial charge in [-0.1, -0.05) is 0 Å². The van der Waals surface area contributed by atoms with Gasteiger partial charge in [-0.2, -0.15) is 5.10 Å². The molecule has 9 heteroatoms. The molecule has 0 aliphatic rings. The van der Waals surface area contributed by atoms with Gasteiger partial charge in [0.25, 0.3) is 0 Å². The van der Waals surface area contributed by atoms with E-state index in [9.17, 15) is 21.6 Å². The van der Waals surface area contributed by atoms with Crippen molar-refractivity contribution >= 4 is 10.0 Å². The molecule has 2 aromatic rings. The Balaban J connectivity index is 2.76. The number of nitrogens with zero attached hydrogens (tertiary/aromatic N) is 2. The Bertz CT molecular complexity index is 800. The summed E-state index contributed by atoms with van der Waals surface area (Å²) >= 11 is 0. The number of rotatable bonds is 2. The zero-order chi connectivity index (χ0) is 15.2. The molecule has 0 spiro atoms. The van der Waals surface area contributed by atoms with Gasteiger partial charge in [0.1, 0.15) is 10.6 Å². The summed E-state index contributed by atoms with van der Waals surface area (Å²) in [5.74, 6) is -3.69. The van der Waals surface area contributed by atoms with E-state index in [0.717, 1.165) is 4.68 Å². The molecule has 0 saturated carbocycles. The summed E-state index contributed by atoms with van der Waals surface area (Å²) in [6, 6.07) is 0.953. The maximum Gasteiger partial charge on any atom is 0.241 e. The van der Waals surface area contributed by atoms with Crippen LogP contribution >= 0.6 is 0 Å². The molecule has 2 N–H and O–H groups in total. The molecule has 0 saturated heterocycles. The van der Waals surface area contributed by atoms with Crippen molar-refractivity contribution in [3.63, 3.8) is 0 Å². The predicted molar refractivity (Wildman–Crippen MR) is 64.3 cm³/mol. The van der Waals surface area contributed by atoms with E-state index in [1.54, 1.807) is 0 Å². The Morgan fingerprint density at radius 2 is 1.65 bits per heavy atom. The first-order valence-electron chi connectivity index (χ1n) is 5.37. The fraction of sp³-hybridized carbons (Fsp3) is 0.182. The van der Waals surface area contributed by atoms with Gasteiger partial charge in [-0.3, -0.25) is 0 Å². The highest BCUT2D eigenvalue weighted by molar-refractivity contribution is 7.89. The van der Waals surface area contributed by atoms with Crippen LogP contribution in [0.4, 0.5) is 13.2 Å². The van der Waals surface area contributed by atoms with Crippen LogP contribution in [0.25, 0.3) is 5.69 Å². The SMILES string of the molecule is Cc1nn(-c2cc(F)c(F)cc2F)c(C)c1S(N)(=O)=O. The van der Waals surface area contributed by atoms with Crippen molar-refractivity contribution in [1.82, 2.24) is 9.78 Å². The van der Waals surface area contributed by atoms with Crippen molar-refractivity contribution in [2.75, 3.05) is 0 Å². The third-order valence-electron chi connectivity index (χ3n) is 2.73. The quantitative estimate of drug-likeness (QED) is 0.855. The van der Waals surface area contributed by atoms with Crippen LogP contribution in [-0.4, -0.2) is 18.2 Å². The molecule has 0 amide bonds. The van der Waals surface area contributed by atoms with Gasteiger partial charge in [-0.25, -0.2) is 31.4 Å². The van der Waals surface area contributed by atoms with Crippen LogP contribution in [0, 0.1) is 31.3 Å². The van der Waals surface area contributed by atoms with Crippen LogP contribution < -0.4 is 5.14 Å². The first-order valence-corrected chi connectivity index (χ1v) is 6.91. The van der Waals surface area contributed by atoms with Crippen molar-refractivity contribution in [3.05, 3.63) is 41.0 Å². The molecule has 0 unspecified atom stereocenters. The van der Waals surface area contributed by atoms with Gasteiger partial charge in [0.05, 0.1) is 11.4 Å². The van der Waals surface area contributed by atoms with Crippen molar-refractivity contribution in [3.8, 4) is 5.69 Å². The summed E-state index contributed by atoms with van der Waals surface area (Å²) in [4.78, 5) is -0.276. The van der Waals surface area contributed by atoms with E-state index in [1.807, 2.05) is 0 Å². The highest BCUT2D eigenvalue weighted by atomic mass is 32.2. The number of hydrogen-bond donors (Lipinski definition) is 1. The molecule has 1 heterocycles. The molecular formula is C11H10F3N3O2S. The van der Waals surface area contributed by atoms with E-state index < -0.39 is 33.2 Å². The molecule has 2 rings (SSSR count). The Labute approximate surface area is 112 Å². The van der Waals surface area contributed by atoms with E-state index >= 15 is 0 Å². The van der Waals surface area contributed by atoms with Gasteiger partial charge in [0, 0.05) is 12.1 Å². The Morgan fingerprint density at radius 1 is 1.10 bits per heavy atom. The lowest BCUT2D eigenvalue weighted by molar-refractivity contribution is 0.491. The molecular weight excluding hydrogens is 295 g/mol. The minimum absolute atomic E-state index is 0.00917. The van der Waals surface area contributed by atoms with E-state index in [0.29, 0.717) is 12.1 Å². The summed E-state index contributed by atoms with van der Waals surface area (Å²) in [5, 5.41) is 8.84. The fourth-order valence-corrected chi connectivity index (χ4v) is 2.90. The van der Waals surface area contributed by atoms with Gasteiger partial charge < -0.3 is 0 Å². The second kappa shape index (κ2) is 4.60. The molecule has 20 heavy (non-hydrogen) atoms. The van der Waals surface area contributed by atoms with Gasteiger partial charge in [-0.05, 0) is 13.8 Å². The minimum Gasteiger partial charge on any atom is -0.233 e. The van der Waals surface area contributed by atoms with Gasteiger partial charge in [0.2, 0.25) is 10.0 Å². The molecule has 0 atom stereocenters. The summed E-state index contributed by atoms with van der Waals surface area (Å²) < 4.78 is 63.5. The highest BCUT2D eigenvalue weighted by Crippen LogP contribution is 2.24. The molecule has 0 aliphatic heterocycles. The van der Waals surface area contributed by atoms with Crippen molar-refractivity contribution in [2.45, 2.75) is 18.7 Å². The number of aryl methyl sites for hydroxylation is 1. The minimum atomic E-state index is -4.06. The van der Waals surface area contributed by atoms with Crippen LogP contribution in [0.15, 0.2) is 17.0 Å². The zero-order valence-corrected chi connectivity index (χ0v) is 11.3. The average molecular weight is 305 g/mol. The molecule has 1 aromatic heterocycles. The Kier molecular flexibility index (Phi) is 3.34. The molecule has 0 aliphatic carbocycles. The summed E-state index contributed by atoms with van der Waals surface area (Å²) in [6.45, 7) is 2.70. The second-order valence-electron chi connectivity index (χ2n) is 4.17. The predicted octanol–water partition coefficient (Wildman–Crippen LogP) is 1.55. The second-order valence-corrected chi connectivity index (χ2v) is 5.67.